The monoisotopic (exact) mass is 559 g/mol. The number of amides is 1. The first-order chi connectivity index (χ1) is 17.7. The lowest BCUT2D eigenvalue weighted by Gasteiger charge is -2.26. The quantitative estimate of drug-likeness (QED) is 0.355. The van der Waals surface area contributed by atoms with Gasteiger partial charge in [0.1, 0.15) is 0 Å². The predicted molar refractivity (Wildman–Crippen MR) is 151 cm³/mol. The Hall–Kier alpha value is -2.58. The minimum atomic E-state index is -3.63. The second kappa shape index (κ2) is 12.3. The summed E-state index contributed by atoms with van der Waals surface area (Å²) in [6.45, 7) is 3.72. The summed E-state index contributed by atoms with van der Waals surface area (Å²) in [5.74, 6) is -0.189. The molecule has 1 fully saturated rings. The Bertz CT molecular complexity index is 1340. The van der Waals surface area contributed by atoms with E-state index in [2.05, 4.69) is 22.3 Å². The van der Waals surface area contributed by atoms with Crippen molar-refractivity contribution in [3.05, 3.63) is 99.0 Å². The van der Waals surface area contributed by atoms with Gasteiger partial charge >= 0.3 is 0 Å². The van der Waals surface area contributed by atoms with Gasteiger partial charge in [-0.05, 0) is 66.9 Å². The van der Waals surface area contributed by atoms with E-state index in [0.717, 1.165) is 31.5 Å². The van der Waals surface area contributed by atoms with Crippen molar-refractivity contribution in [1.82, 2.24) is 10.2 Å². The molecule has 1 heterocycles. The fraction of sp³-hybridized carbons (Fsp3) is 0.321. The summed E-state index contributed by atoms with van der Waals surface area (Å²) in [5.41, 5.74) is 3.83. The zero-order valence-electron chi connectivity index (χ0n) is 20.8. The molecular formula is C28H31Cl2N3O3S. The highest BCUT2D eigenvalue weighted by Gasteiger charge is 2.22. The molecule has 0 bridgehead atoms. The van der Waals surface area contributed by atoms with Gasteiger partial charge in [0.2, 0.25) is 10.0 Å². The molecule has 37 heavy (non-hydrogen) atoms. The number of halogens is 2. The number of nitrogens with zero attached hydrogens (tertiary/aromatic N) is 2. The molecular weight excluding hydrogens is 529 g/mol. The summed E-state index contributed by atoms with van der Waals surface area (Å²) < 4.78 is 26.2. The molecule has 4 rings (SSSR count). The molecule has 1 N–H and O–H groups in total. The third-order valence-corrected chi connectivity index (χ3v) is 8.38. The number of benzene rings is 3. The van der Waals surface area contributed by atoms with Crippen LogP contribution < -0.4 is 9.62 Å². The highest BCUT2D eigenvalue weighted by molar-refractivity contribution is 7.92. The highest BCUT2D eigenvalue weighted by atomic mass is 35.5. The number of hydrogen-bond donors (Lipinski definition) is 1. The Morgan fingerprint density at radius 3 is 2.30 bits per heavy atom. The number of anilines is 1. The number of nitrogens with one attached hydrogen (secondary N) is 1. The zero-order chi connectivity index (χ0) is 26.4. The number of piperidine rings is 1. The van der Waals surface area contributed by atoms with Crippen LogP contribution >= 0.6 is 23.2 Å². The third-order valence-electron chi connectivity index (χ3n) is 6.44. The SMILES string of the molecule is CS(=O)(=O)N(Cc1ccc(C(=O)NCc2cccc(CN3CCCCC3)c2)cc1)c1cccc(Cl)c1Cl. The first kappa shape index (κ1) is 27.5. The van der Waals surface area contributed by atoms with Crippen molar-refractivity contribution in [3.63, 3.8) is 0 Å². The Morgan fingerprint density at radius 2 is 1.59 bits per heavy atom. The second-order valence-corrected chi connectivity index (χ2v) is 12.1. The van der Waals surface area contributed by atoms with Gasteiger partial charge in [-0.2, -0.15) is 0 Å². The molecule has 3 aromatic rings. The topological polar surface area (TPSA) is 69.7 Å². The normalized spacial score (nSPS) is 14.4. The Kier molecular flexibility index (Phi) is 9.13. The molecule has 0 aromatic heterocycles. The van der Waals surface area contributed by atoms with E-state index in [1.54, 1.807) is 42.5 Å². The maximum atomic E-state index is 12.8. The van der Waals surface area contributed by atoms with Crippen LogP contribution in [0.3, 0.4) is 0 Å². The molecule has 9 heteroatoms. The first-order valence-corrected chi connectivity index (χ1v) is 14.9. The minimum Gasteiger partial charge on any atom is -0.348 e. The van der Waals surface area contributed by atoms with E-state index in [9.17, 15) is 13.2 Å². The summed E-state index contributed by atoms with van der Waals surface area (Å²) in [5, 5.41) is 3.43. The number of sulfonamides is 1. The smallest absolute Gasteiger partial charge is 0.251 e. The van der Waals surface area contributed by atoms with Gasteiger partial charge in [0.15, 0.2) is 0 Å². The summed E-state index contributed by atoms with van der Waals surface area (Å²) >= 11 is 12.4. The van der Waals surface area contributed by atoms with Gasteiger partial charge in [-0.3, -0.25) is 14.0 Å². The molecule has 1 saturated heterocycles. The Morgan fingerprint density at radius 1 is 0.919 bits per heavy atom. The lowest BCUT2D eigenvalue weighted by Crippen LogP contribution is -2.29. The lowest BCUT2D eigenvalue weighted by molar-refractivity contribution is 0.0951. The summed E-state index contributed by atoms with van der Waals surface area (Å²) in [6.07, 6.45) is 4.95. The van der Waals surface area contributed by atoms with Gasteiger partial charge in [-0.1, -0.05) is 72.1 Å². The van der Waals surface area contributed by atoms with Crippen molar-refractivity contribution in [2.75, 3.05) is 23.7 Å². The van der Waals surface area contributed by atoms with Gasteiger partial charge in [0, 0.05) is 18.7 Å². The van der Waals surface area contributed by atoms with E-state index in [0.29, 0.717) is 23.4 Å². The van der Waals surface area contributed by atoms with Crippen LogP contribution in [0.25, 0.3) is 0 Å². The largest absolute Gasteiger partial charge is 0.348 e. The maximum Gasteiger partial charge on any atom is 0.251 e. The molecule has 1 aliphatic rings. The number of rotatable bonds is 9. The fourth-order valence-corrected chi connectivity index (χ4v) is 5.83. The highest BCUT2D eigenvalue weighted by Crippen LogP contribution is 2.34. The number of carbonyl (C=O) groups is 1. The van der Waals surface area contributed by atoms with Crippen LogP contribution in [0.1, 0.15) is 46.3 Å². The molecule has 6 nitrogen and oxygen atoms in total. The Balaban J connectivity index is 1.38. The van der Waals surface area contributed by atoms with Crippen molar-refractivity contribution < 1.29 is 13.2 Å². The van der Waals surface area contributed by atoms with E-state index in [4.69, 9.17) is 23.2 Å². The number of hydrogen-bond acceptors (Lipinski definition) is 4. The standard InChI is InChI=1S/C28H31Cl2N3O3S/c1-37(35,36)33(26-10-6-9-25(29)27(26)30)20-21-11-13-24(14-12-21)28(34)31-18-22-7-5-8-23(17-22)19-32-15-3-2-4-16-32/h5-14,17H,2-4,15-16,18-20H2,1H3,(H,31,34). The first-order valence-electron chi connectivity index (χ1n) is 12.3. The van der Waals surface area contributed by atoms with Crippen LogP contribution in [-0.2, 0) is 29.7 Å². The van der Waals surface area contributed by atoms with Crippen molar-refractivity contribution in [3.8, 4) is 0 Å². The second-order valence-electron chi connectivity index (χ2n) is 9.38. The molecule has 1 amide bonds. The number of likely N-dealkylation sites (tertiary alicyclic amines) is 1. The van der Waals surface area contributed by atoms with E-state index in [-0.39, 0.29) is 22.5 Å². The van der Waals surface area contributed by atoms with E-state index >= 15 is 0 Å². The third kappa shape index (κ3) is 7.48. The van der Waals surface area contributed by atoms with Gasteiger partial charge in [-0.25, -0.2) is 8.42 Å². The average molecular weight is 561 g/mol. The zero-order valence-corrected chi connectivity index (χ0v) is 23.1. The van der Waals surface area contributed by atoms with Crippen molar-refractivity contribution in [1.29, 1.82) is 0 Å². The molecule has 0 spiro atoms. The van der Waals surface area contributed by atoms with Crippen LogP contribution in [0.4, 0.5) is 5.69 Å². The van der Waals surface area contributed by atoms with E-state index in [1.807, 2.05) is 12.1 Å². The molecule has 0 unspecified atom stereocenters. The lowest BCUT2D eigenvalue weighted by atomic mass is 10.1. The van der Waals surface area contributed by atoms with E-state index in [1.165, 1.54) is 29.1 Å². The molecule has 3 aromatic carbocycles. The maximum absolute atomic E-state index is 12.8. The summed E-state index contributed by atoms with van der Waals surface area (Å²) in [6, 6.07) is 20.1. The van der Waals surface area contributed by atoms with Gasteiger partial charge in [-0.15, -0.1) is 0 Å². The van der Waals surface area contributed by atoms with Crippen LogP contribution in [0.5, 0.6) is 0 Å². The molecule has 196 valence electrons. The number of carbonyl (C=O) groups excluding carboxylic acids is 1. The van der Waals surface area contributed by atoms with Crippen molar-refractivity contribution >= 4 is 44.8 Å². The van der Waals surface area contributed by atoms with E-state index < -0.39 is 10.0 Å². The minimum absolute atomic E-state index is 0.0601. The van der Waals surface area contributed by atoms with Crippen LogP contribution in [0.15, 0.2) is 66.7 Å². The van der Waals surface area contributed by atoms with Crippen molar-refractivity contribution in [2.45, 2.75) is 38.9 Å². The van der Waals surface area contributed by atoms with Gasteiger partial charge in [0.05, 0.1) is 28.5 Å². The molecule has 0 radical (unpaired) electrons. The predicted octanol–water partition coefficient (Wildman–Crippen LogP) is 5.88. The summed E-state index contributed by atoms with van der Waals surface area (Å²) in [4.78, 5) is 15.2. The Labute approximate surface area is 229 Å². The van der Waals surface area contributed by atoms with Crippen molar-refractivity contribution in [2.24, 2.45) is 0 Å². The average Bonchev–Trinajstić information content (AvgIpc) is 2.88. The fourth-order valence-electron chi connectivity index (χ4n) is 4.49. The van der Waals surface area contributed by atoms with Gasteiger partial charge < -0.3 is 5.32 Å². The van der Waals surface area contributed by atoms with Crippen LogP contribution in [-0.4, -0.2) is 38.6 Å². The summed E-state index contributed by atoms with van der Waals surface area (Å²) in [7, 11) is -3.63. The van der Waals surface area contributed by atoms with Crippen LogP contribution in [0.2, 0.25) is 10.0 Å². The molecule has 0 saturated carbocycles. The van der Waals surface area contributed by atoms with Crippen LogP contribution in [0, 0.1) is 0 Å². The molecule has 0 atom stereocenters. The van der Waals surface area contributed by atoms with Gasteiger partial charge in [0.25, 0.3) is 5.91 Å². The molecule has 0 aliphatic carbocycles. The molecule has 1 aliphatic heterocycles.